The zero-order chi connectivity index (χ0) is 16.6. The fraction of sp³-hybridized carbons (Fsp3) is 0.444. The third-order valence-corrected chi connectivity index (χ3v) is 5.31. The number of ether oxygens (including phenoxy) is 1. The molecule has 2 fully saturated rings. The molecule has 4 rings (SSSR count). The molecule has 2 saturated heterocycles. The zero-order valence-corrected chi connectivity index (χ0v) is 13.5. The maximum atomic E-state index is 11.8. The molecular weight excluding hydrogens is 306 g/mol. The first kappa shape index (κ1) is 15.4. The van der Waals surface area contributed by atoms with Gasteiger partial charge in [-0.2, -0.15) is 5.10 Å². The number of nitrogens with zero attached hydrogens (tertiary/aromatic N) is 3. The van der Waals surface area contributed by atoms with Crippen LogP contribution in [-0.4, -0.2) is 52.1 Å². The molecule has 2 aliphatic heterocycles. The summed E-state index contributed by atoms with van der Waals surface area (Å²) >= 11 is 0. The Hall–Kier alpha value is -2.18. The Labute approximate surface area is 140 Å². The summed E-state index contributed by atoms with van der Waals surface area (Å²) in [4.78, 5) is 14.1. The predicted octanol–water partition coefficient (Wildman–Crippen LogP) is 1.80. The number of hydrogen-bond acceptors (Lipinski definition) is 4. The standard InChI is InChI=1S/C18H21N3O3/c22-17(23)18-6-9-24-12-15(18)11-20(13-18)10-14-2-4-16(5-3-14)21-8-1-7-19-21/h1-5,7-8,15H,6,9-13H2,(H,22,23)/t15-,18+/m1/s1. The molecule has 1 N–H and O–H groups in total. The van der Waals surface area contributed by atoms with E-state index in [1.807, 2.05) is 29.1 Å². The second-order valence-electron chi connectivity index (χ2n) is 6.77. The first-order chi connectivity index (χ1) is 11.7. The lowest BCUT2D eigenvalue weighted by atomic mass is 9.74. The molecule has 1 aromatic heterocycles. The Morgan fingerprint density at radius 1 is 1.38 bits per heavy atom. The number of hydrogen-bond donors (Lipinski definition) is 1. The van der Waals surface area contributed by atoms with E-state index in [2.05, 4.69) is 22.1 Å². The summed E-state index contributed by atoms with van der Waals surface area (Å²) in [5.74, 6) is -0.584. The minimum atomic E-state index is -0.674. The topological polar surface area (TPSA) is 67.6 Å². The maximum Gasteiger partial charge on any atom is 0.311 e. The lowest BCUT2D eigenvalue weighted by Crippen LogP contribution is -2.44. The molecule has 3 heterocycles. The van der Waals surface area contributed by atoms with Crippen LogP contribution in [0.1, 0.15) is 12.0 Å². The van der Waals surface area contributed by atoms with Crippen molar-refractivity contribution >= 4 is 5.97 Å². The minimum absolute atomic E-state index is 0.0899. The SMILES string of the molecule is O=C(O)[C@]12CCOC[C@H]1CN(Cc1ccc(-n3cccn3)cc1)C2. The van der Waals surface area contributed by atoms with Crippen molar-refractivity contribution in [2.24, 2.45) is 11.3 Å². The van der Waals surface area contributed by atoms with Crippen LogP contribution in [0.5, 0.6) is 0 Å². The van der Waals surface area contributed by atoms with Gasteiger partial charge in [-0.25, -0.2) is 4.68 Å². The summed E-state index contributed by atoms with van der Waals surface area (Å²) < 4.78 is 7.34. The number of aromatic nitrogens is 2. The number of rotatable bonds is 4. The van der Waals surface area contributed by atoms with Crippen LogP contribution in [0.15, 0.2) is 42.7 Å². The third kappa shape index (κ3) is 2.61. The fourth-order valence-corrected chi connectivity index (χ4v) is 3.96. The zero-order valence-electron chi connectivity index (χ0n) is 13.5. The van der Waals surface area contributed by atoms with Crippen molar-refractivity contribution in [3.05, 3.63) is 48.3 Å². The van der Waals surface area contributed by atoms with E-state index in [1.54, 1.807) is 6.20 Å². The van der Waals surface area contributed by atoms with Crippen molar-refractivity contribution in [2.45, 2.75) is 13.0 Å². The number of likely N-dealkylation sites (tertiary alicyclic amines) is 1. The Morgan fingerprint density at radius 2 is 2.21 bits per heavy atom. The van der Waals surface area contributed by atoms with E-state index >= 15 is 0 Å². The predicted molar refractivity (Wildman–Crippen MR) is 87.8 cm³/mol. The third-order valence-electron chi connectivity index (χ3n) is 5.31. The monoisotopic (exact) mass is 327 g/mol. The van der Waals surface area contributed by atoms with Gasteiger partial charge in [-0.1, -0.05) is 12.1 Å². The second-order valence-corrected chi connectivity index (χ2v) is 6.77. The van der Waals surface area contributed by atoms with Gasteiger partial charge in [0.25, 0.3) is 0 Å². The lowest BCUT2D eigenvalue weighted by molar-refractivity contribution is -0.157. The molecule has 126 valence electrons. The molecule has 6 heteroatoms. The molecule has 6 nitrogen and oxygen atoms in total. The highest BCUT2D eigenvalue weighted by Crippen LogP contribution is 2.42. The Balaban J connectivity index is 1.47. The van der Waals surface area contributed by atoms with Gasteiger partial charge in [-0.15, -0.1) is 0 Å². The van der Waals surface area contributed by atoms with Crippen LogP contribution in [-0.2, 0) is 16.1 Å². The summed E-state index contributed by atoms with van der Waals surface area (Å²) in [6.07, 6.45) is 4.28. The van der Waals surface area contributed by atoms with Gasteiger partial charge in [-0.05, 0) is 30.2 Å². The van der Waals surface area contributed by atoms with E-state index in [1.165, 1.54) is 5.56 Å². The maximum absolute atomic E-state index is 11.8. The average molecular weight is 327 g/mol. The molecule has 2 atom stereocenters. The van der Waals surface area contributed by atoms with Crippen LogP contribution in [0.4, 0.5) is 0 Å². The summed E-state index contributed by atoms with van der Waals surface area (Å²) in [5, 5.41) is 14.0. The molecule has 2 aromatic rings. The first-order valence-corrected chi connectivity index (χ1v) is 8.30. The molecule has 24 heavy (non-hydrogen) atoms. The summed E-state index contributed by atoms with van der Waals surface area (Å²) in [7, 11) is 0. The van der Waals surface area contributed by atoms with Gasteiger partial charge in [-0.3, -0.25) is 9.69 Å². The van der Waals surface area contributed by atoms with Gasteiger partial charge in [0.1, 0.15) is 0 Å². The minimum Gasteiger partial charge on any atom is -0.481 e. The van der Waals surface area contributed by atoms with Crippen molar-refractivity contribution in [3.8, 4) is 5.69 Å². The highest BCUT2D eigenvalue weighted by Gasteiger charge is 2.53. The fourth-order valence-electron chi connectivity index (χ4n) is 3.96. The number of carboxylic acids is 1. The van der Waals surface area contributed by atoms with E-state index in [0.717, 1.165) is 18.8 Å². The van der Waals surface area contributed by atoms with E-state index in [4.69, 9.17) is 4.74 Å². The van der Waals surface area contributed by atoms with Crippen LogP contribution in [0.25, 0.3) is 5.69 Å². The van der Waals surface area contributed by atoms with E-state index < -0.39 is 11.4 Å². The Morgan fingerprint density at radius 3 is 2.88 bits per heavy atom. The molecular formula is C18H21N3O3. The van der Waals surface area contributed by atoms with Crippen LogP contribution in [0, 0.1) is 11.3 Å². The van der Waals surface area contributed by atoms with Crippen LogP contribution in [0.3, 0.4) is 0 Å². The molecule has 0 bridgehead atoms. The largest absolute Gasteiger partial charge is 0.481 e. The summed E-state index contributed by atoms with van der Waals surface area (Å²) in [6, 6.07) is 10.2. The molecule has 0 saturated carbocycles. The van der Waals surface area contributed by atoms with Gasteiger partial charge in [0, 0.05) is 44.6 Å². The van der Waals surface area contributed by atoms with Gasteiger partial charge in [0.2, 0.25) is 0 Å². The quantitative estimate of drug-likeness (QED) is 0.927. The smallest absolute Gasteiger partial charge is 0.311 e. The van der Waals surface area contributed by atoms with Crippen LogP contribution < -0.4 is 0 Å². The van der Waals surface area contributed by atoms with Crippen molar-refractivity contribution in [3.63, 3.8) is 0 Å². The molecule has 2 aliphatic rings. The Kier molecular flexibility index (Phi) is 3.86. The van der Waals surface area contributed by atoms with Gasteiger partial charge in [0.05, 0.1) is 17.7 Å². The van der Waals surface area contributed by atoms with E-state index in [9.17, 15) is 9.90 Å². The highest BCUT2D eigenvalue weighted by molar-refractivity contribution is 5.76. The van der Waals surface area contributed by atoms with E-state index in [0.29, 0.717) is 26.2 Å². The second kappa shape index (κ2) is 6.03. The molecule has 0 unspecified atom stereocenters. The number of aliphatic carboxylic acids is 1. The van der Waals surface area contributed by atoms with Crippen LogP contribution in [0.2, 0.25) is 0 Å². The first-order valence-electron chi connectivity index (χ1n) is 8.30. The number of fused-ring (bicyclic) bond motifs is 1. The van der Waals surface area contributed by atoms with Gasteiger partial charge in [0.15, 0.2) is 0 Å². The molecule has 0 aliphatic carbocycles. The van der Waals surface area contributed by atoms with Gasteiger partial charge < -0.3 is 9.84 Å². The van der Waals surface area contributed by atoms with Crippen LogP contribution >= 0.6 is 0 Å². The number of carboxylic acid groups (broad SMARTS) is 1. The normalized spacial score (nSPS) is 27.1. The van der Waals surface area contributed by atoms with Crippen molar-refractivity contribution in [1.82, 2.24) is 14.7 Å². The summed E-state index contributed by atoms with van der Waals surface area (Å²) in [6.45, 7) is 3.27. The highest BCUT2D eigenvalue weighted by atomic mass is 16.5. The number of carbonyl (C=O) groups is 1. The van der Waals surface area contributed by atoms with Crippen molar-refractivity contribution in [2.75, 3.05) is 26.3 Å². The number of benzene rings is 1. The molecule has 0 amide bonds. The molecule has 0 spiro atoms. The summed E-state index contributed by atoms with van der Waals surface area (Å²) in [5.41, 5.74) is 1.58. The lowest BCUT2D eigenvalue weighted by Gasteiger charge is -2.34. The average Bonchev–Trinajstić information content (AvgIpc) is 3.23. The Bertz CT molecular complexity index is 714. The molecule has 0 radical (unpaired) electrons. The molecule has 1 aromatic carbocycles. The van der Waals surface area contributed by atoms with Crippen molar-refractivity contribution < 1.29 is 14.6 Å². The van der Waals surface area contributed by atoms with Gasteiger partial charge >= 0.3 is 5.97 Å². The van der Waals surface area contributed by atoms with Crippen molar-refractivity contribution in [1.29, 1.82) is 0 Å². The van der Waals surface area contributed by atoms with E-state index in [-0.39, 0.29) is 5.92 Å².